The van der Waals surface area contributed by atoms with E-state index in [1.165, 1.54) is 18.5 Å². The Morgan fingerprint density at radius 2 is 2.00 bits per heavy atom. The molecule has 0 fully saturated rings. The third-order valence-electron chi connectivity index (χ3n) is 2.17. The molecule has 0 saturated heterocycles. The first kappa shape index (κ1) is 13.2. The molecule has 18 heavy (non-hydrogen) atoms. The Balaban J connectivity index is 1.97. The molecular weight excluding hydrogens is 322 g/mol. The molecule has 1 N–H and O–H groups in total. The molecule has 0 atom stereocenters. The van der Waals surface area contributed by atoms with Crippen molar-refractivity contribution < 1.29 is 12.9 Å². The maximum Gasteiger partial charge on any atom is 0.240 e. The summed E-state index contributed by atoms with van der Waals surface area (Å²) in [4.78, 5) is 4.02. The second kappa shape index (κ2) is 5.59. The van der Waals surface area contributed by atoms with Gasteiger partial charge in [-0.25, -0.2) is 13.1 Å². The summed E-state index contributed by atoms with van der Waals surface area (Å²) in [5, 5.41) is 3.59. The van der Waals surface area contributed by atoms with Crippen molar-refractivity contribution in [3.63, 3.8) is 0 Å². The standard InChI is InChI=1S/C10H10BrN3O3S/c11-8-1-3-9(4-2-8)18(15,16)13-6-5-10-12-7-17-14-10/h1-4,7,13H,5-6H2. The molecule has 0 radical (unpaired) electrons. The van der Waals surface area contributed by atoms with Crippen molar-refractivity contribution in [1.29, 1.82) is 0 Å². The number of hydrogen-bond donors (Lipinski definition) is 1. The first-order chi connectivity index (χ1) is 8.58. The minimum Gasteiger partial charge on any atom is -0.343 e. The first-order valence-electron chi connectivity index (χ1n) is 5.08. The summed E-state index contributed by atoms with van der Waals surface area (Å²) < 4.78 is 31.6. The molecule has 0 saturated carbocycles. The highest BCUT2D eigenvalue weighted by Gasteiger charge is 2.13. The molecule has 8 heteroatoms. The Morgan fingerprint density at radius 1 is 1.28 bits per heavy atom. The molecule has 2 aromatic rings. The average Bonchev–Trinajstić information content (AvgIpc) is 2.82. The summed E-state index contributed by atoms with van der Waals surface area (Å²) in [6.07, 6.45) is 1.59. The summed E-state index contributed by atoms with van der Waals surface area (Å²) in [7, 11) is -3.49. The van der Waals surface area contributed by atoms with E-state index in [1.807, 2.05) is 0 Å². The van der Waals surface area contributed by atoms with Crippen molar-refractivity contribution in [2.75, 3.05) is 6.54 Å². The van der Waals surface area contributed by atoms with Gasteiger partial charge in [-0.15, -0.1) is 0 Å². The van der Waals surface area contributed by atoms with E-state index >= 15 is 0 Å². The molecule has 6 nitrogen and oxygen atoms in total. The van der Waals surface area contributed by atoms with E-state index in [-0.39, 0.29) is 11.4 Å². The Hall–Kier alpha value is -1.25. The van der Waals surface area contributed by atoms with Crippen LogP contribution >= 0.6 is 15.9 Å². The van der Waals surface area contributed by atoms with Crippen LogP contribution in [0.15, 0.2) is 44.6 Å². The number of rotatable bonds is 5. The fourth-order valence-corrected chi connectivity index (χ4v) is 2.59. The summed E-state index contributed by atoms with van der Waals surface area (Å²) in [6.45, 7) is 0.220. The lowest BCUT2D eigenvalue weighted by Gasteiger charge is -2.05. The lowest BCUT2D eigenvalue weighted by molar-refractivity contribution is 0.410. The molecule has 1 aromatic carbocycles. The van der Waals surface area contributed by atoms with Crippen LogP contribution in [0.1, 0.15) is 5.82 Å². The number of benzene rings is 1. The maximum atomic E-state index is 11.9. The number of halogens is 1. The first-order valence-corrected chi connectivity index (χ1v) is 7.36. The summed E-state index contributed by atoms with van der Waals surface area (Å²) in [5.74, 6) is 0.466. The van der Waals surface area contributed by atoms with Crippen LogP contribution in [0.4, 0.5) is 0 Å². The van der Waals surface area contributed by atoms with Crippen molar-refractivity contribution in [3.8, 4) is 0 Å². The van der Waals surface area contributed by atoms with E-state index in [4.69, 9.17) is 0 Å². The molecule has 0 spiro atoms. The zero-order valence-corrected chi connectivity index (χ0v) is 11.6. The van der Waals surface area contributed by atoms with Gasteiger partial charge in [0, 0.05) is 17.4 Å². The van der Waals surface area contributed by atoms with E-state index in [0.717, 1.165) is 4.47 Å². The van der Waals surface area contributed by atoms with Gasteiger partial charge in [0.1, 0.15) is 0 Å². The second-order valence-electron chi connectivity index (χ2n) is 3.45. The van der Waals surface area contributed by atoms with Gasteiger partial charge in [-0.2, -0.15) is 4.98 Å². The SMILES string of the molecule is O=S(=O)(NCCc1ncon1)c1ccc(Br)cc1. The zero-order valence-electron chi connectivity index (χ0n) is 9.21. The highest BCUT2D eigenvalue weighted by atomic mass is 79.9. The molecule has 2 rings (SSSR count). The molecule has 0 aliphatic carbocycles. The van der Waals surface area contributed by atoms with Crippen molar-refractivity contribution in [1.82, 2.24) is 14.9 Å². The van der Waals surface area contributed by atoms with Gasteiger partial charge in [0.25, 0.3) is 0 Å². The van der Waals surface area contributed by atoms with Crippen LogP contribution in [0.25, 0.3) is 0 Å². The Kier molecular flexibility index (Phi) is 4.10. The Labute approximate surface area is 113 Å². The lowest BCUT2D eigenvalue weighted by atomic mass is 10.4. The maximum absolute atomic E-state index is 11.9. The summed E-state index contributed by atoms with van der Waals surface area (Å²) in [6, 6.07) is 6.41. The summed E-state index contributed by atoms with van der Waals surface area (Å²) >= 11 is 3.25. The van der Waals surface area contributed by atoms with Gasteiger partial charge in [0.15, 0.2) is 5.82 Å². The fraction of sp³-hybridized carbons (Fsp3) is 0.200. The van der Waals surface area contributed by atoms with Crippen LogP contribution in [-0.4, -0.2) is 25.1 Å². The van der Waals surface area contributed by atoms with E-state index < -0.39 is 10.0 Å². The Morgan fingerprint density at radius 3 is 2.61 bits per heavy atom. The monoisotopic (exact) mass is 331 g/mol. The van der Waals surface area contributed by atoms with Gasteiger partial charge in [0.05, 0.1) is 4.90 Å². The van der Waals surface area contributed by atoms with Crippen LogP contribution in [0, 0.1) is 0 Å². The van der Waals surface area contributed by atoms with Gasteiger partial charge in [-0.3, -0.25) is 0 Å². The quantitative estimate of drug-likeness (QED) is 0.893. The summed E-state index contributed by atoms with van der Waals surface area (Å²) in [5.41, 5.74) is 0. The highest BCUT2D eigenvalue weighted by molar-refractivity contribution is 9.10. The van der Waals surface area contributed by atoms with Crippen molar-refractivity contribution in [2.45, 2.75) is 11.3 Å². The third-order valence-corrected chi connectivity index (χ3v) is 4.18. The van der Waals surface area contributed by atoms with Crippen LogP contribution in [0.3, 0.4) is 0 Å². The molecular formula is C10H10BrN3O3S. The zero-order chi connectivity index (χ0) is 13.0. The van der Waals surface area contributed by atoms with Gasteiger partial charge in [0.2, 0.25) is 16.4 Å². The van der Waals surface area contributed by atoms with Crippen molar-refractivity contribution in [3.05, 3.63) is 41.0 Å². The number of hydrogen-bond acceptors (Lipinski definition) is 5. The highest BCUT2D eigenvalue weighted by Crippen LogP contribution is 2.14. The minimum absolute atomic E-state index is 0.220. The Bertz CT molecular complexity index is 596. The van der Waals surface area contributed by atoms with E-state index in [1.54, 1.807) is 12.1 Å². The molecule has 0 aliphatic rings. The average molecular weight is 332 g/mol. The molecule has 0 aliphatic heterocycles. The van der Waals surface area contributed by atoms with Crippen LogP contribution in [0.2, 0.25) is 0 Å². The molecule has 1 heterocycles. The molecule has 0 amide bonds. The number of aromatic nitrogens is 2. The van der Waals surface area contributed by atoms with Crippen molar-refractivity contribution >= 4 is 26.0 Å². The van der Waals surface area contributed by atoms with E-state index in [2.05, 4.69) is 35.3 Å². The molecule has 1 aromatic heterocycles. The smallest absolute Gasteiger partial charge is 0.240 e. The number of sulfonamides is 1. The van der Waals surface area contributed by atoms with E-state index in [0.29, 0.717) is 12.2 Å². The van der Waals surface area contributed by atoms with E-state index in [9.17, 15) is 8.42 Å². The lowest BCUT2D eigenvalue weighted by Crippen LogP contribution is -2.26. The fourth-order valence-electron chi connectivity index (χ4n) is 1.30. The second-order valence-corrected chi connectivity index (χ2v) is 6.13. The van der Waals surface area contributed by atoms with Gasteiger partial charge < -0.3 is 4.52 Å². The van der Waals surface area contributed by atoms with Gasteiger partial charge in [-0.05, 0) is 24.3 Å². The largest absolute Gasteiger partial charge is 0.343 e. The number of nitrogens with one attached hydrogen (secondary N) is 1. The number of nitrogens with zero attached hydrogens (tertiary/aromatic N) is 2. The van der Waals surface area contributed by atoms with Crippen molar-refractivity contribution in [2.24, 2.45) is 0 Å². The predicted molar refractivity (Wildman–Crippen MR) is 67.3 cm³/mol. The predicted octanol–water partition coefficient (Wildman–Crippen LogP) is 1.35. The topological polar surface area (TPSA) is 85.1 Å². The molecule has 0 unspecified atom stereocenters. The third kappa shape index (κ3) is 3.37. The normalized spacial score (nSPS) is 11.6. The minimum atomic E-state index is -3.49. The molecule has 0 bridgehead atoms. The van der Waals surface area contributed by atoms with Crippen LogP contribution < -0.4 is 4.72 Å². The van der Waals surface area contributed by atoms with Gasteiger partial charge in [-0.1, -0.05) is 21.1 Å². The van der Waals surface area contributed by atoms with Gasteiger partial charge >= 0.3 is 0 Å². The van der Waals surface area contributed by atoms with Crippen LogP contribution in [-0.2, 0) is 16.4 Å². The molecule has 96 valence electrons. The van der Waals surface area contributed by atoms with Crippen LogP contribution in [0.5, 0.6) is 0 Å².